The van der Waals surface area contributed by atoms with E-state index in [9.17, 15) is 9.59 Å². The molecule has 0 unspecified atom stereocenters. The van der Waals surface area contributed by atoms with E-state index in [-0.39, 0.29) is 0 Å². The highest BCUT2D eigenvalue weighted by atomic mass is 16.5. The average molecular weight is 326 g/mol. The summed E-state index contributed by atoms with van der Waals surface area (Å²) in [5.41, 5.74) is 5.02. The Hall–Kier alpha value is -2.62. The van der Waals surface area contributed by atoms with Crippen molar-refractivity contribution in [2.45, 2.75) is 27.7 Å². The van der Waals surface area contributed by atoms with Gasteiger partial charge in [0, 0.05) is 11.1 Å². The number of carbonyl (C=O) groups excluding carboxylic acids is 2. The number of hydrogen-bond acceptors (Lipinski definition) is 4. The molecule has 4 heteroatoms. The topological polar surface area (TPSA) is 52.6 Å². The number of carbonyl (C=O) groups is 2. The molecule has 0 radical (unpaired) electrons. The highest BCUT2D eigenvalue weighted by Gasteiger charge is 2.08. The molecule has 0 aliphatic rings. The third-order valence-corrected chi connectivity index (χ3v) is 3.81. The Morgan fingerprint density at radius 1 is 0.667 bits per heavy atom. The summed E-state index contributed by atoms with van der Waals surface area (Å²) < 4.78 is 11.6. The van der Waals surface area contributed by atoms with E-state index >= 15 is 0 Å². The maximum Gasteiger partial charge on any atom is 0.150 e. The van der Waals surface area contributed by atoms with Crippen LogP contribution in [0.3, 0.4) is 0 Å². The summed E-state index contributed by atoms with van der Waals surface area (Å²) in [6.45, 7) is 8.48. The maximum atomic E-state index is 10.9. The van der Waals surface area contributed by atoms with Gasteiger partial charge in [0.15, 0.2) is 0 Å². The lowest BCUT2D eigenvalue weighted by Crippen LogP contribution is -2.11. The molecule has 2 aromatic rings. The summed E-state index contributed by atoms with van der Waals surface area (Å²) in [5, 5.41) is 0. The van der Waals surface area contributed by atoms with Crippen LogP contribution in [-0.4, -0.2) is 25.8 Å². The average Bonchev–Trinajstić information content (AvgIpc) is 2.54. The van der Waals surface area contributed by atoms with Crippen molar-refractivity contribution in [1.29, 1.82) is 0 Å². The number of ether oxygens (including phenoxy) is 2. The summed E-state index contributed by atoms with van der Waals surface area (Å²) in [4.78, 5) is 21.7. The third kappa shape index (κ3) is 4.02. The third-order valence-electron chi connectivity index (χ3n) is 3.81. The van der Waals surface area contributed by atoms with E-state index in [1.807, 2.05) is 52.0 Å². The van der Waals surface area contributed by atoms with Crippen LogP contribution in [-0.2, 0) is 0 Å². The monoisotopic (exact) mass is 326 g/mol. The number of aldehydes is 2. The molecule has 126 valence electrons. The molecule has 0 aromatic heterocycles. The number of hydrogen-bond donors (Lipinski definition) is 0. The van der Waals surface area contributed by atoms with Crippen LogP contribution in [0.15, 0.2) is 24.3 Å². The molecule has 0 spiro atoms. The Labute approximate surface area is 142 Å². The molecule has 4 nitrogen and oxygen atoms in total. The first kappa shape index (κ1) is 17.7. The van der Waals surface area contributed by atoms with E-state index in [1.165, 1.54) is 0 Å². The van der Waals surface area contributed by atoms with Crippen molar-refractivity contribution in [1.82, 2.24) is 0 Å². The van der Waals surface area contributed by atoms with Crippen LogP contribution in [0.5, 0.6) is 11.5 Å². The minimum absolute atomic E-state index is 0.399. The van der Waals surface area contributed by atoms with Crippen molar-refractivity contribution in [3.05, 3.63) is 57.6 Å². The van der Waals surface area contributed by atoms with Gasteiger partial charge in [-0.1, -0.05) is 0 Å². The molecule has 0 aliphatic heterocycles. The van der Waals surface area contributed by atoms with Crippen molar-refractivity contribution in [2.75, 3.05) is 13.2 Å². The van der Waals surface area contributed by atoms with Crippen LogP contribution < -0.4 is 9.47 Å². The Morgan fingerprint density at radius 2 is 0.958 bits per heavy atom. The summed E-state index contributed by atoms with van der Waals surface area (Å²) in [7, 11) is 0. The lowest BCUT2D eigenvalue weighted by atomic mass is 10.1. The van der Waals surface area contributed by atoms with Gasteiger partial charge in [-0.15, -0.1) is 0 Å². The molecule has 0 bridgehead atoms. The van der Waals surface area contributed by atoms with E-state index in [4.69, 9.17) is 9.47 Å². The molecule has 0 atom stereocenters. The normalized spacial score (nSPS) is 10.3. The maximum absolute atomic E-state index is 10.9. The second kappa shape index (κ2) is 7.77. The first-order chi connectivity index (χ1) is 11.5. The molecule has 2 rings (SSSR count). The van der Waals surface area contributed by atoms with Gasteiger partial charge in [-0.2, -0.15) is 0 Å². The fourth-order valence-electron chi connectivity index (χ4n) is 2.85. The number of benzene rings is 2. The van der Waals surface area contributed by atoms with Crippen molar-refractivity contribution in [3.8, 4) is 11.5 Å². The predicted molar refractivity (Wildman–Crippen MR) is 93.6 cm³/mol. The molecule has 0 amide bonds. The van der Waals surface area contributed by atoms with Gasteiger partial charge in [0.1, 0.15) is 37.3 Å². The molecule has 2 aromatic carbocycles. The lowest BCUT2D eigenvalue weighted by Gasteiger charge is -2.15. The van der Waals surface area contributed by atoms with Gasteiger partial charge in [-0.25, -0.2) is 0 Å². The molecular formula is C20H22O4. The minimum atomic E-state index is 0.399. The lowest BCUT2D eigenvalue weighted by molar-refractivity contribution is 0.111. The minimum Gasteiger partial charge on any atom is -0.489 e. The van der Waals surface area contributed by atoms with Gasteiger partial charge < -0.3 is 9.47 Å². The molecule has 0 heterocycles. The van der Waals surface area contributed by atoms with E-state index in [0.717, 1.165) is 46.3 Å². The second-order valence-corrected chi connectivity index (χ2v) is 5.90. The van der Waals surface area contributed by atoms with Crippen molar-refractivity contribution in [2.24, 2.45) is 0 Å². The first-order valence-electron chi connectivity index (χ1n) is 7.84. The van der Waals surface area contributed by atoms with Gasteiger partial charge >= 0.3 is 0 Å². The molecule has 0 N–H and O–H groups in total. The van der Waals surface area contributed by atoms with Gasteiger partial charge in [0.25, 0.3) is 0 Å². The summed E-state index contributed by atoms with van der Waals surface area (Å²) in [6.07, 6.45) is 1.67. The zero-order valence-corrected chi connectivity index (χ0v) is 14.5. The predicted octanol–water partition coefficient (Wildman–Crippen LogP) is 4.00. The zero-order valence-electron chi connectivity index (χ0n) is 14.5. The van der Waals surface area contributed by atoms with Crippen LogP contribution in [0.4, 0.5) is 0 Å². The van der Waals surface area contributed by atoms with E-state index in [0.29, 0.717) is 24.3 Å². The van der Waals surface area contributed by atoms with Crippen LogP contribution in [0.2, 0.25) is 0 Å². The highest BCUT2D eigenvalue weighted by Crippen LogP contribution is 2.26. The molecule has 0 saturated heterocycles. The molecular weight excluding hydrogens is 304 g/mol. The fourth-order valence-corrected chi connectivity index (χ4v) is 2.85. The van der Waals surface area contributed by atoms with Crippen LogP contribution >= 0.6 is 0 Å². The van der Waals surface area contributed by atoms with Crippen molar-refractivity contribution in [3.63, 3.8) is 0 Å². The smallest absolute Gasteiger partial charge is 0.150 e. The summed E-state index contributed by atoms with van der Waals surface area (Å²) >= 11 is 0. The Kier molecular flexibility index (Phi) is 5.74. The largest absolute Gasteiger partial charge is 0.489 e. The van der Waals surface area contributed by atoms with Crippen LogP contribution in [0.1, 0.15) is 43.0 Å². The van der Waals surface area contributed by atoms with Crippen molar-refractivity contribution >= 4 is 12.6 Å². The van der Waals surface area contributed by atoms with E-state index in [2.05, 4.69) is 0 Å². The zero-order chi connectivity index (χ0) is 17.7. The first-order valence-corrected chi connectivity index (χ1v) is 7.84. The highest BCUT2D eigenvalue weighted by molar-refractivity contribution is 5.77. The second-order valence-electron chi connectivity index (χ2n) is 5.90. The van der Waals surface area contributed by atoms with E-state index in [1.54, 1.807) is 0 Å². The van der Waals surface area contributed by atoms with Gasteiger partial charge in [0.2, 0.25) is 0 Å². The number of rotatable bonds is 7. The SMILES string of the molecule is Cc1cc(C=O)cc(C)c1OCCOc1c(C)cc(C=O)cc1C. The Balaban J connectivity index is 1.99. The number of aryl methyl sites for hydroxylation is 4. The Bertz CT molecular complexity index is 651. The Morgan fingerprint density at radius 3 is 1.21 bits per heavy atom. The standard InChI is InChI=1S/C20H22O4/c1-13-7-17(11-21)8-14(2)19(13)23-5-6-24-20-15(3)9-18(12-22)10-16(20)4/h7-12H,5-6H2,1-4H3. The summed E-state index contributed by atoms with van der Waals surface area (Å²) in [6, 6.07) is 7.23. The molecule has 24 heavy (non-hydrogen) atoms. The quantitative estimate of drug-likeness (QED) is 0.570. The summed E-state index contributed by atoms with van der Waals surface area (Å²) in [5.74, 6) is 1.57. The van der Waals surface area contributed by atoms with E-state index < -0.39 is 0 Å². The van der Waals surface area contributed by atoms with Crippen LogP contribution in [0, 0.1) is 27.7 Å². The molecule has 0 saturated carbocycles. The molecule has 0 aliphatic carbocycles. The van der Waals surface area contributed by atoms with Gasteiger partial charge in [0.05, 0.1) is 0 Å². The van der Waals surface area contributed by atoms with Crippen LogP contribution in [0.25, 0.3) is 0 Å². The molecule has 0 fully saturated rings. The van der Waals surface area contributed by atoms with Gasteiger partial charge in [-0.3, -0.25) is 9.59 Å². The fraction of sp³-hybridized carbons (Fsp3) is 0.300. The van der Waals surface area contributed by atoms with Gasteiger partial charge in [-0.05, 0) is 74.2 Å². The van der Waals surface area contributed by atoms with Crippen molar-refractivity contribution < 1.29 is 19.1 Å².